The van der Waals surface area contributed by atoms with Gasteiger partial charge in [0.1, 0.15) is 5.82 Å². The first-order chi connectivity index (χ1) is 7.74. The Morgan fingerprint density at radius 2 is 2.50 bits per heavy atom. The molecule has 0 aliphatic heterocycles. The molecule has 5 nitrogen and oxygen atoms in total. The monoisotopic (exact) mass is 220 g/mol. The minimum absolute atomic E-state index is 0.0557. The maximum absolute atomic E-state index is 11.8. The number of anilines is 1. The summed E-state index contributed by atoms with van der Waals surface area (Å²) in [7, 11) is 0. The Balaban J connectivity index is 1.98. The second kappa shape index (κ2) is 4.49. The number of nitrogens with zero attached hydrogens (tertiary/aromatic N) is 1. The van der Waals surface area contributed by atoms with Crippen molar-refractivity contribution in [1.82, 2.24) is 10.3 Å². The minimum Gasteiger partial charge on any atom is -0.349 e. The van der Waals surface area contributed by atoms with E-state index in [0.29, 0.717) is 23.3 Å². The van der Waals surface area contributed by atoms with E-state index in [2.05, 4.69) is 22.7 Å². The Kier molecular flexibility index (Phi) is 3.05. The minimum atomic E-state index is -0.0557. The molecular formula is C11H16N4O. The summed E-state index contributed by atoms with van der Waals surface area (Å²) in [5.41, 5.74) is 3.01. The number of nitrogens with one attached hydrogen (secondary N) is 2. The van der Waals surface area contributed by atoms with Gasteiger partial charge in [0.2, 0.25) is 0 Å². The van der Waals surface area contributed by atoms with Crippen molar-refractivity contribution in [2.75, 3.05) is 5.43 Å². The van der Waals surface area contributed by atoms with Crippen LogP contribution >= 0.6 is 0 Å². The zero-order chi connectivity index (χ0) is 11.5. The van der Waals surface area contributed by atoms with Crippen LogP contribution in [-0.4, -0.2) is 16.9 Å². The van der Waals surface area contributed by atoms with Gasteiger partial charge in [-0.05, 0) is 24.5 Å². The highest BCUT2D eigenvalue weighted by Gasteiger charge is 2.36. The van der Waals surface area contributed by atoms with Crippen LogP contribution in [0.3, 0.4) is 0 Å². The Morgan fingerprint density at radius 3 is 3.12 bits per heavy atom. The van der Waals surface area contributed by atoms with Gasteiger partial charge in [0.25, 0.3) is 5.91 Å². The predicted octanol–water partition coefficient (Wildman–Crippen LogP) is 0.895. The van der Waals surface area contributed by atoms with Gasteiger partial charge in [0.05, 0.1) is 0 Å². The van der Waals surface area contributed by atoms with Crippen molar-refractivity contribution in [2.24, 2.45) is 11.8 Å². The fraction of sp³-hybridized carbons (Fsp3) is 0.455. The number of aromatic nitrogens is 1. The number of rotatable bonds is 4. The molecule has 0 spiro atoms. The number of nitrogen functional groups attached to an aromatic ring is 1. The van der Waals surface area contributed by atoms with Crippen molar-refractivity contribution in [3.8, 4) is 0 Å². The number of carbonyl (C=O) groups excluding carboxylic acids is 1. The van der Waals surface area contributed by atoms with Crippen LogP contribution in [0.15, 0.2) is 18.3 Å². The Bertz CT molecular complexity index is 393. The van der Waals surface area contributed by atoms with Crippen molar-refractivity contribution in [2.45, 2.75) is 25.8 Å². The molecule has 0 radical (unpaired) electrons. The van der Waals surface area contributed by atoms with Gasteiger partial charge in [-0.1, -0.05) is 13.3 Å². The molecule has 1 aliphatic carbocycles. The summed E-state index contributed by atoms with van der Waals surface area (Å²) in [6.07, 6.45) is 3.78. The van der Waals surface area contributed by atoms with Gasteiger partial charge >= 0.3 is 0 Å². The molecule has 1 heterocycles. The number of hydrazine groups is 1. The van der Waals surface area contributed by atoms with Gasteiger partial charge < -0.3 is 10.7 Å². The van der Waals surface area contributed by atoms with Gasteiger partial charge in [-0.15, -0.1) is 0 Å². The van der Waals surface area contributed by atoms with E-state index >= 15 is 0 Å². The summed E-state index contributed by atoms with van der Waals surface area (Å²) in [6, 6.07) is 3.66. The van der Waals surface area contributed by atoms with Crippen molar-refractivity contribution >= 4 is 11.7 Å². The normalized spacial score (nSPS) is 22.6. The Labute approximate surface area is 94.4 Å². The van der Waals surface area contributed by atoms with Gasteiger partial charge in [0.15, 0.2) is 0 Å². The lowest BCUT2D eigenvalue weighted by Gasteiger charge is -2.05. The van der Waals surface area contributed by atoms with Crippen molar-refractivity contribution in [3.05, 3.63) is 23.9 Å². The fourth-order valence-electron chi connectivity index (χ4n) is 1.78. The molecule has 0 saturated heterocycles. The summed E-state index contributed by atoms with van der Waals surface area (Å²) < 4.78 is 0. The summed E-state index contributed by atoms with van der Waals surface area (Å²) >= 11 is 0. The van der Waals surface area contributed by atoms with E-state index in [1.54, 1.807) is 18.3 Å². The smallest absolute Gasteiger partial charge is 0.251 e. The lowest BCUT2D eigenvalue weighted by Crippen LogP contribution is -2.27. The molecule has 1 aromatic heterocycles. The number of hydrogen-bond donors (Lipinski definition) is 3. The molecule has 4 N–H and O–H groups in total. The van der Waals surface area contributed by atoms with Gasteiger partial charge in [-0.25, -0.2) is 10.8 Å². The van der Waals surface area contributed by atoms with Crippen LogP contribution in [0.5, 0.6) is 0 Å². The van der Waals surface area contributed by atoms with Crippen LogP contribution in [0.4, 0.5) is 5.82 Å². The van der Waals surface area contributed by atoms with Gasteiger partial charge in [-0.2, -0.15) is 0 Å². The van der Waals surface area contributed by atoms with E-state index in [0.717, 1.165) is 12.8 Å². The molecular weight excluding hydrogens is 204 g/mol. The lowest BCUT2D eigenvalue weighted by atomic mass is 10.2. The molecule has 16 heavy (non-hydrogen) atoms. The molecule has 1 saturated carbocycles. The molecule has 2 unspecified atom stereocenters. The third kappa shape index (κ3) is 2.30. The summed E-state index contributed by atoms with van der Waals surface area (Å²) in [4.78, 5) is 15.8. The third-order valence-electron chi connectivity index (χ3n) is 2.93. The van der Waals surface area contributed by atoms with Crippen LogP contribution in [0.1, 0.15) is 30.1 Å². The van der Waals surface area contributed by atoms with Crippen molar-refractivity contribution < 1.29 is 4.79 Å². The first-order valence-corrected chi connectivity index (χ1v) is 5.48. The molecule has 1 aliphatic rings. The van der Waals surface area contributed by atoms with Crippen LogP contribution < -0.4 is 16.6 Å². The highest BCUT2D eigenvalue weighted by molar-refractivity contribution is 5.95. The van der Waals surface area contributed by atoms with Crippen LogP contribution in [0.25, 0.3) is 0 Å². The molecule has 2 atom stereocenters. The molecule has 0 bridgehead atoms. The third-order valence-corrected chi connectivity index (χ3v) is 2.93. The number of pyridine rings is 1. The van der Waals surface area contributed by atoms with E-state index in [1.807, 2.05) is 0 Å². The van der Waals surface area contributed by atoms with Crippen LogP contribution in [-0.2, 0) is 0 Å². The zero-order valence-electron chi connectivity index (χ0n) is 9.23. The Hall–Kier alpha value is -1.62. The standard InChI is InChI=1S/C11H16N4O/c1-2-7-5-9(7)14-11(16)8-3-4-13-10(6-8)15-12/h3-4,6-7,9H,2,5,12H2,1H3,(H,13,15)(H,14,16). The highest BCUT2D eigenvalue weighted by Crippen LogP contribution is 2.33. The highest BCUT2D eigenvalue weighted by atomic mass is 16.1. The van der Waals surface area contributed by atoms with Crippen LogP contribution in [0.2, 0.25) is 0 Å². The summed E-state index contributed by atoms with van der Waals surface area (Å²) in [6.45, 7) is 2.14. The fourth-order valence-corrected chi connectivity index (χ4v) is 1.78. The number of carbonyl (C=O) groups is 1. The molecule has 0 aromatic carbocycles. The molecule has 1 fully saturated rings. The first kappa shape index (κ1) is 10.9. The average molecular weight is 220 g/mol. The summed E-state index contributed by atoms with van der Waals surface area (Å²) in [5.74, 6) is 6.32. The number of hydrogen-bond acceptors (Lipinski definition) is 4. The second-order valence-electron chi connectivity index (χ2n) is 4.06. The second-order valence-corrected chi connectivity index (χ2v) is 4.06. The quantitative estimate of drug-likeness (QED) is 0.520. The topological polar surface area (TPSA) is 80.0 Å². The van der Waals surface area contributed by atoms with E-state index < -0.39 is 0 Å². The Morgan fingerprint density at radius 1 is 1.69 bits per heavy atom. The predicted molar refractivity (Wildman–Crippen MR) is 61.7 cm³/mol. The molecule has 86 valence electrons. The van der Waals surface area contributed by atoms with E-state index in [4.69, 9.17) is 5.84 Å². The molecule has 2 rings (SSSR count). The van der Waals surface area contributed by atoms with Gasteiger partial charge in [-0.3, -0.25) is 4.79 Å². The lowest BCUT2D eigenvalue weighted by molar-refractivity contribution is 0.0949. The zero-order valence-corrected chi connectivity index (χ0v) is 9.23. The first-order valence-electron chi connectivity index (χ1n) is 5.48. The number of nitrogens with two attached hydrogens (primary N) is 1. The molecule has 1 amide bonds. The number of amides is 1. The molecule has 1 aromatic rings. The summed E-state index contributed by atoms with van der Waals surface area (Å²) in [5, 5.41) is 2.99. The largest absolute Gasteiger partial charge is 0.349 e. The van der Waals surface area contributed by atoms with E-state index in [-0.39, 0.29) is 5.91 Å². The molecule has 5 heteroatoms. The average Bonchev–Trinajstić information content (AvgIpc) is 3.07. The SMILES string of the molecule is CCC1CC1NC(=O)c1ccnc(NN)c1. The van der Waals surface area contributed by atoms with Gasteiger partial charge in [0, 0.05) is 17.8 Å². The van der Waals surface area contributed by atoms with E-state index in [9.17, 15) is 4.79 Å². The van der Waals surface area contributed by atoms with Crippen LogP contribution in [0, 0.1) is 5.92 Å². The van der Waals surface area contributed by atoms with Crippen molar-refractivity contribution in [3.63, 3.8) is 0 Å². The van der Waals surface area contributed by atoms with E-state index in [1.165, 1.54) is 0 Å². The maximum atomic E-state index is 11.8. The van der Waals surface area contributed by atoms with Crippen molar-refractivity contribution in [1.29, 1.82) is 0 Å². The maximum Gasteiger partial charge on any atom is 0.251 e.